The molecule has 0 aromatic heterocycles. The molecule has 2 atom stereocenters. The van der Waals surface area contributed by atoms with Crippen molar-refractivity contribution in [3.8, 4) is 0 Å². The molecule has 20 heavy (non-hydrogen) atoms. The van der Waals surface area contributed by atoms with Crippen molar-refractivity contribution >= 4 is 11.8 Å². The lowest BCUT2D eigenvalue weighted by Crippen LogP contribution is -2.50. The molecule has 2 aliphatic rings. The molecule has 114 valence electrons. The maximum atomic E-state index is 12.0. The minimum Gasteiger partial charge on any atom is -0.345 e. The molecule has 0 aromatic carbocycles. The summed E-state index contributed by atoms with van der Waals surface area (Å²) in [7, 11) is 0. The molecule has 4 heteroatoms. The van der Waals surface area contributed by atoms with Crippen LogP contribution in [0.4, 0.5) is 0 Å². The van der Waals surface area contributed by atoms with Crippen LogP contribution in [0, 0.1) is 11.8 Å². The van der Waals surface area contributed by atoms with E-state index in [4.69, 9.17) is 0 Å². The Bertz CT molecular complexity index is 348. The number of nitrogens with one attached hydrogen (secondary N) is 2. The molecule has 2 fully saturated rings. The van der Waals surface area contributed by atoms with E-state index in [1.54, 1.807) is 0 Å². The first kappa shape index (κ1) is 15.3. The minimum atomic E-state index is -0.442. The monoisotopic (exact) mass is 280 g/mol. The van der Waals surface area contributed by atoms with E-state index in [-0.39, 0.29) is 12.1 Å². The van der Waals surface area contributed by atoms with Gasteiger partial charge in [-0.15, -0.1) is 0 Å². The summed E-state index contributed by atoms with van der Waals surface area (Å²) in [5.74, 6) is 0.348. The Kier molecular flexibility index (Phi) is 5.44. The molecular weight excluding hydrogens is 252 g/mol. The van der Waals surface area contributed by atoms with E-state index < -0.39 is 11.8 Å². The van der Waals surface area contributed by atoms with Crippen molar-refractivity contribution in [2.75, 3.05) is 0 Å². The lowest BCUT2D eigenvalue weighted by atomic mass is 9.86. The fraction of sp³-hybridized carbons (Fsp3) is 0.875. The van der Waals surface area contributed by atoms with Crippen LogP contribution in [0.5, 0.6) is 0 Å². The van der Waals surface area contributed by atoms with E-state index in [1.807, 2.05) is 0 Å². The average molecular weight is 280 g/mol. The smallest absolute Gasteiger partial charge is 0.309 e. The van der Waals surface area contributed by atoms with Gasteiger partial charge in [0, 0.05) is 12.1 Å². The summed E-state index contributed by atoms with van der Waals surface area (Å²) in [6, 6.07) is 0.363. The first-order valence-electron chi connectivity index (χ1n) is 8.17. The van der Waals surface area contributed by atoms with Gasteiger partial charge in [-0.1, -0.05) is 26.7 Å². The van der Waals surface area contributed by atoms with Gasteiger partial charge in [-0.25, -0.2) is 0 Å². The van der Waals surface area contributed by atoms with Gasteiger partial charge >= 0.3 is 11.8 Å². The zero-order chi connectivity index (χ0) is 14.5. The molecule has 0 unspecified atom stereocenters. The standard InChI is InChI=1S/C16H28N2O2/c1-11-7-9-13(10-8-11)17-15(19)16(20)18-14-6-4-3-5-12(14)2/h11-14H,3-10H2,1-2H3,(H,17,19)(H,18,20)/t11?,12-,13?,14-/m0/s1. The van der Waals surface area contributed by atoms with Crippen molar-refractivity contribution in [3.63, 3.8) is 0 Å². The Morgan fingerprint density at radius 2 is 1.40 bits per heavy atom. The number of rotatable bonds is 2. The van der Waals surface area contributed by atoms with Gasteiger partial charge in [0.2, 0.25) is 0 Å². The SMILES string of the molecule is CC1CCC(NC(=O)C(=O)N[C@H]2CCCC[C@@H]2C)CC1. The maximum Gasteiger partial charge on any atom is 0.309 e. The van der Waals surface area contributed by atoms with Crippen molar-refractivity contribution in [2.45, 2.75) is 77.3 Å². The topological polar surface area (TPSA) is 58.2 Å². The number of hydrogen-bond acceptors (Lipinski definition) is 2. The summed E-state index contributed by atoms with van der Waals surface area (Å²) in [5.41, 5.74) is 0. The molecular formula is C16H28N2O2. The van der Waals surface area contributed by atoms with Crippen LogP contribution in [-0.2, 0) is 9.59 Å². The largest absolute Gasteiger partial charge is 0.345 e. The second kappa shape index (κ2) is 7.09. The van der Waals surface area contributed by atoms with E-state index in [1.165, 1.54) is 6.42 Å². The second-order valence-corrected chi connectivity index (χ2v) is 6.77. The van der Waals surface area contributed by atoms with Gasteiger partial charge in [0.25, 0.3) is 0 Å². The third kappa shape index (κ3) is 4.22. The van der Waals surface area contributed by atoms with Crippen molar-refractivity contribution in [3.05, 3.63) is 0 Å². The Balaban J connectivity index is 1.75. The van der Waals surface area contributed by atoms with Crippen LogP contribution in [0.25, 0.3) is 0 Å². The van der Waals surface area contributed by atoms with Gasteiger partial charge in [-0.2, -0.15) is 0 Å². The highest BCUT2D eigenvalue weighted by molar-refractivity contribution is 6.35. The molecule has 2 N–H and O–H groups in total. The predicted octanol–water partition coefficient (Wildman–Crippen LogP) is 2.38. The molecule has 0 bridgehead atoms. The first-order chi connectivity index (χ1) is 9.56. The molecule has 0 aliphatic heterocycles. The number of carbonyl (C=O) groups excluding carboxylic acids is 2. The molecule has 0 radical (unpaired) electrons. The molecule has 2 amide bonds. The molecule has 0 saturated heterocycles. The van der Waals surface area contributed by atoms with Gasteiger partial charge in [-0.3, -0.25) is 9.59 Å². The third-order valence-electron chi connectivity index (χ3n) is 4.99. The van der Waals surface area contributed by atoms with E-state index in [0.29, 0.717) is 5.92 Å². The fourth-order valence-electron chi connectivity index (χ4n) is 3.42. The number of hydrogen-bond donors (Lipinski definition) is 2. The molecule has 2 aliphatic carbocycles. The van der Waals surface area contributed by atoms with Crippen molar-refractivity contribution in [2.24, 2.45) is 11.8 Å². The molecule has 2 rings (SSSR count). The highest BCUT2D eigenvalue weighted by Crippen LogP contribution is 2.24. The Hall–Kier alpha value is -1.06. The Morgan fingerprint density at radius 1 is 0.800 bits per heavy atom. The first-order valence-corrected chi connectivity index (χ1v) is 8.17. The summed E-state index contributed by atoms with van der Waals surface area (Å²) in [6.45, 7) is 4.40. The Morgan fingerprint density at radius 3 is 2.05 bits per heavy atom. The van der Waals surface area contributed by atoms with E-state index in [0.717, 1.165) is 50.9 Å². The summed E-state index contributed by atoms with van der Waals surface area (Å²) in [6.07, 6.45) is 8.82. The van der Waals surface area contributed by atoms with Crippen molar-refractivity contribution in [1.29, 1.82) is 0 Å². The van der Waals surface area contributed by atoms with E-state index in [2.05, 4.69) is 24.5 Å². The molecule has 2 saturated carbocycles. The zero-order valence-corrected chi connectivity index (χ0v) is 12.8. The normalized spacial score (nSPS) is 34.3. The third-order valence-corrected chi connectivity index (χ3v) is 4.99. The van der Waals surface area contributed by atoms with Crippen LogP contribution in [0.2, 0.25) is 0 Å². The lowest BCUT2D eigenvalue weighted by molar-refractivity contribution is -0.140. The molecule has 0 heterocycles. The lowest BCUT2D eigenvalue weighted by Gasteiger charge is -2.30. The summed E-state index contributed by atoms with van der Waals surface area (Å²) in [5, 5.41) is 5.81. The summed E-state index contributed by atoms with van der Waals surface area (Å²) < 4.78 is 0. The van der Waals surface area contributed by atoms with Crippen LogP contribution in [0.15, 0.2) is 0 Å². The van der Waals surface area contributed by atoms with Gasteiger partial charge in [-0.05, 0) is 50.4 Å². The highest BCUT2D eigenvalue weighted by Gasteiger charge is 2.27. The van der Waals surface area contributed by atoms with Crippen LogP contribution < -0.4 is 10.6 Å². The van der Waals surface area contributed by atoms with Crippen LogP contribution in [0.3, 0.4) is 0 Å². The van der Waals surface area contributed by atoms with Crippen LogP contribution >= 0.6 is 0 Å². The maximum absolute atomic E-state index is 12.0. The predicted molar refractivity (Wildman–Crippen MR) is 79.1 cm³/mol. The minimum absolute atomic E-state index is 0.174. The molecule has 0 spiro atoms. The number of amides is 2. The number of carbonyl (C=O) groups is 2. The van der Waals surface area contributed by atoms with Gasteiger partial charge in [0.15, 0.2) is 0 Å². The Labute approximate surface area is 122 Å². The highest BCUT2D eigenvalue weighted by atomic mass is 16.2. The zero-order valence-electron chi connectivity index (χ0n) is 12.8. The molecule has 4 nitrogen and oxygen atoms in total. The van der Waals surface area contributed by atoms with Crippen LogP contribution in [0.1, 0.15) is 65.2 Å². The van der Waals surface area contributed by atoms with Crippen LogP contribution in [-0.4, -0.2) is 23.9 Å². The summed E-state index contributed by atoms with van der Waals surface area (Å²) >= 11 is 0. The second-order valence-electron chi connectivity index (χ2n) is 6.77. The quantitative estimate of drug-likeness (QED) is 0.763. The van der Waals surface area contributed by atoms with Gasteiger partial charge in [0.1, 0.15) is 0 Å². The average Bonchev–Trinajstić information content (AvgIpc) is 2.44. The van der Waals surface area contributed by atoms with Gasteiger partial charge < -0.3 is 10.6 Å². The van der Waals surface area contributed by atoms with E-state index in [9.17, 15) is 9.59 Å². The van der Waals surface area contributed by atoms with Crippen molar-refractivity contribution in [1.82, 2.24) is 10.6 Å². The van der Waals surface area contributed by atoms with Crippen molar-refractivity contribution < 1.29 is 9.59 Å². The molecule has 0 aromatic rings. The van der Waals surface area contributed by atoms with Gasteiger partial charge in [0.05, 0.1) is 0 Å². The summed E-state index contributed by atoms with van der Waals surface area (Å²) in [4.78, 5) is 23.9. The fourth-order valence-corrected chi connectivity index (χ4v) is 3.42. The van der Waals surface area contributed by atoms with E-state index >= 15 is 0 Å².